The SMILES string of the molecule is O=C(O)c1cnn(-c2nc3c(C(F)(F)F)cccc3c(=O)[nH]2)c1. The maximum absolute atomic E-state index is 13.0. The number of carboxylic acid groups (broad SMARTS) is 1. The van der Waals surface area contributed by atoms with Gasteiger partial charge in [-0.25, -0.2) is 14.5 Å². The number of aromatic carboxylic acids is 1. The lowest BCUT2D eigenvalue weighted by atomic mass is 10.1. The van der Waals surface area contributed by atoms with E-state index in [1.165, 1.54) is 6.07 Å². The lowest BCUT2D eigenvalue weighted by molar-refractivity contribution is -0.136. The third-order valence-corrected chi connectivity index (χ3v) is 3.08. The van der Waals surface area contributed by atoms with Crippen LogP contribution < -0.4 is 5.56 Å². The van der Waals surface area contributed by atoms with E-state index < -0.39 is 28.8 Å². The number of carbonyl (C=O) groups is 1. The summed E-state index contributed by atoms with van der Waals surface area (Å²) in [6.45, 7) is 0. The maximum atomic E-state index is 13.0. The van der Waals surface area contributed by atoms with Gasteiger partial charge in [-0.15, -0.1) is 0 Å². The van der Waals surface area contributed by atoms with E-state index in [0.717, 1.165) is 29.2 Å². The van der Waals surface area contributed by atoms with Gasteiger partial charge in [0.2, 0.25) is 5.95 Å². The Morgan fingerprint density at radius 1 is 1.30 bits per heavy atom. The van der Waals surface area contributed by atoms with Crippen molar-refractivity contribution in [3.05, 3.63) is 52.1 Å². The first-order valence-corrected chi connectivity index (χ1v) is 6.16. The van der Waals surface area contributed by atoms with Gasteiger partial charge >= 0.3 is 12.1 Å². The third kappa shape index (κ3) is 2.54. The van der Waals surface area contributed by atoms with Crippen molar-refractivity contribution in [2.45, 2.75) is 6.18 Å². The Balaban J connectivity index is 2.27. The summed E-state index contributed by atoms with van der Waals surface area (Å²) in [6, 6.07) is 3.13. The van der Waals surface area contributed by atoms with Crippen molar-refractivity contribution in [2.24, 2.45) is 0 Å². The van der Waals surface area contributed by atoms with Gasteiger partial charge in [-0.3, -0.25) is 9.78 Å². The summed E-state index contributed by atoms with van der Waals surface area (Å²) in [4.78, 5) is 28.8. The minimum absolute atomic E-state index is 0.197. The summed E-state index contributed by atoms with van der Waals surface area (Å²) in [5.74, 6) is -1.58. The van der Waals surface area contributed by atoms with E-state index in [-0.39, 0.29) is 16.9 Å². The number of benzene rings is 1. The van der Waals surface area contributed by atoms with Crippen molar-refractivity contribution in [2.75, 3.05) is 0 Å². The molecule has 118 valence electrons. The quantitative estimate of drug-likeness (QED) is 0.749. The molecule has 0 atom stereocenters. The van der Waals surface area contributed by atoms with E-state index in [2.05, 4.69) is 15.1 Å². The van der Waals surface area contributed by atoms with E-state index in [1.54, 1.807) is 0 Å². The van der Waals surface area contributed by atoms with Crippen molar-refractivity contribution in [1.82, 2.24) is 19.7 Å². The average molecular weight is 324 g/mol. The van der Waals surface area contributed by atoms with Gasteiger partial charge in [0.1, 0.15) is 0 Å². The molecule has 0 aliphatic rings. The van der Waals surface area contributed by atoms with Gasteiger partial charge in [0, 0.05) is 6.20 Å². The van der Waals surface area contributed by atoms with Gasteiger partial charge in [0.05, 0.1) is 28.2 Å². The van der Waals surface area contributed by atoms with Gasteiger partial charge < -0.3 is 5.11 Å². The number of halogens is 3. The normalized spacial score (nSPS) is 11.8. The van der Waals surface area contributed by atoms with Gasteiger partial charge in [-0.1, -0.05) is 6.07 Å². The molecule has 0 fully saturated rings. The second kappa shape index (κ2) is 4.93. The number of fused-ring (bicyclic) bond motifs is 1. The Labute approximate surface area is 125 Å². The third-order valence-electron chi connectivity index (χ3n) is 3.08. The summed E-state index contributed by atoms with van der Waals surface area (Å²) < 4.78 is 40.0. The fraction of sp³-hybridized carbons (Fsp3) is 0.0769. The number of H-pyrrole nitrogens is 1. The van der Waals surface area contributed by atoms with Crippen LogP contribution in [0.5, 0.6) is 0 Å². The van der Waals surface area contributed by atoms with Crippen molar-refractivity contribution in [3.8, 4) is 5.95 Å². The van der Waals surface area contributed by atoms with Crippen molar-refractivity contribution in [1.29, 1.82) is 0 Å². The van der Waals surface area contributed by atoms with E-state index in [1.807, 2.05) is 0 Å². The molecule has 0 aliphatic carbocycles. The van der Waals surface area contributed by atoms with E-state index in [0.29, 0.717) is 0 Å². The molecule has 23 heavy (non-hydrogen) atoms. The van der Waals surface area contributed by atoms with E-state index >= 15 is 0 Å². The first kappa shape index (κ1) is 14.8. The van der Waals surface area contributed by atoms with Crippen molar-refractivity contribution in [3.63, 3.8) is 0 Å². The minimum Gasteiger partial charge on any atom is -0.478 e. The van der Waals surface area contributed by atoms with Crippen molar-refractivity contribution < 1.29 is 23.1 Å². The molecule has 0 saturated carbocycles. The summed E-state index contributed by atoms with van der Waals surface area (Å²) >= 11 is 0. The highest BCUT2D eigenvalue weighted by Gasteiger charge is 2.33. The van der Waals surface area contributed by atoms with Crippen molar-refractivity contribution >= 4 is 16.9 Å². The standard InChI is InChI=1S/C13H7F3N4O3/c14-13(15,16)8-3-1-2-7-9(8)18-12(19-10(7)21)20-5-6(4-17-20)11(22)23/h1-5H,(H,22,23)(H,18,19,21). The second-order valence-corrected chi connectivity index (χ2v) is 4.57. The molecule has 0 bridgehead atoms. The lowest BCUT2D eigenvalue weighted by Crippen LogP contribution is -2.16. The van der Waals surface area contributed by atoms with Gasteiger partial charge in [-0.05, 0) is 12.1 Å². The highest BCUT2D eigenvalue weighted by molar-refractivity contribution is 5.87. The van der Waals surface area contributed by atoms with Crippen LogP contribution in [0.2, 0.25) is 0 Å². The molecule has 3 aromatic rings. The Bertz CT molecular complexity index is 974. The molecule has 3 rings (SSSR count). The molecule has 0 amide bonds. The molecule has 0 spiro atoms. The van der Waals surface area contributed by atoms with Crippen LogP contribution in [-0.2, 0) is 6.18 Å². The molecule has 0 radical (unpaired) electrons. The van der Waals surface area contributed by atoms with Crippen LogP contribution in [0.3, 0.4) is 0 Å². The molecule has 2 aromatic heterocycles. The number of alkyl halides is 3. The Morgan fingerprint density at radius 3 is 2.65 bits per heavy atom. The summed E-state index contributed by atoms with van der Waals surface area (Å²) in [5, 5.41) is 12.3. The van der Waals surface area contributed by atoms with Crippen LogP contribution in [0.25, 0.3) is 16.9 Å². The summed E-state index contributed by atoms with van der Waals surface area (Å²) in [6.07, 6.45) is -2.67. The van der Waals surface area contributed by atoms with Gasteiger partial charge in [-0.2, -0.15) is 18.3 Å². The van der Waals surface area contributed by atoms with Crippen LogP contribution in [0.15, 0.2) is 35.4 Å². The van der Waals surface area contributed by atoms with Gasteiger partial charge in [0.25, 0.3) is 5.56 Å². The van der Waals surface area contributed by atoms with Crippen LogP contribution in [0, 0.1) is 0 Å². The second-order valence-electron chi connectivity index (χ2n) is 4.57. The Kier molecular flexibility index (Phi) is 3.17. The first-order valence-electron chi connectivity index (χ1n) is 6.16. The number of carboxylic acids is 1. The largest absolute Gasteiger partial charge is 0.478 e. The number of aromatic amines is 1. The van der Waals surface area contributed by atoms with E-state index in [9.17, 15) is 22.8 Å². The molecule has 10 heteroatoms. The zero-order chi connectivity index (χ0) is 16.8. The topological polar surface area (TPSA) is 101 Å². The number of hydrogen-bond acceptors (Lipinski definition) is 4. The average Bonchev–Trinajstić information content (AvgIpc) is 2.95. The zero-order valence-electron chi connectivity index (χ0n) is 11.1. The molecule has 1 aromatic carbocycles. The molecule has 7 nitrogen and oxygen atoms in total. The monoisotopic (exact) mass is 324 g/mol. The highest BCUT2D eigenvalue weighted by Crippen LogP contribution is 2.33. The Morgan fingerprint density at radius 2 is 2.04 bits per heavy atom. The van der Waals surface area contributed by atoms with Crippen LogP contribution in [0.4, 0.5) is 13.2 Å². The Hall–Kier alpha value is -3.17. The number of nitrogens with zero attached hydrogens (tertiary/aromatic N) is 3. The molecule has 2 heterocycles. The minimum atomic E-state index is -4.69. The van der Waals surface area contributed by atoms with Crippen LogP contribution in [-0.4, -0.2) is 30.8 Å². The first-order chi connectivity index (χ1) is 10.8. The predicted octanol–water partition coefficient (Wildman–Crippen LogP) is 1.83. The van der Waals surface area contributed by atoms with Gasteiger partial charge in [0.15, 0.2) is 0 Å². The zero-order valence-corrected chi connectivity index (χ0v) is 11.1. The number of hydrogen-bond donors (Lipinski definition) is 2. The summed E-state index contributed by atoms with van der Waals surface area (Å²) in [7, 11) is 0. The fourth-order valence-electron chi connectivity index (χ4n) is 2.04. The number of aromatic nitrogens is 4. The number of nitrogens with one attached hydrogen (secondary N) is 1. The number of rotatable bonds is 2. The predicted molar refractivity (Wildman–Crippen MR) is 71.4 cm³/mol. The highest BCUT2D eigenvalue weighted by atomic mass is 19.4. The molecule has 2 N–H and O–H groups in total. The maximum Gasteiger partial charge on any atom is 0.418 e. The molecular weight excluding hydrogens is 317 g/mol. The molecule has 0 unspecified atom stereocenters. The van der Waals surface area contributed by atoms with Crippen LogP contribution in [0.1, 0.15) is 15.9 Å². The smallest absolute Gasteiger partial charge is 0.418 e. The lowest BCUT2D eigenvalue weighted by Gasteiger charge is -2.10. The fourth-order valence-corrected chi connectivity index (χ4v) is 2.04. The summed E-state index contributed by atoms with van der Waals surface area (Å²) in [5.41, 5.74) is -2.58. The number of para-hydroxylation sites is 1. The van der Waals surface area contributed by atoms with Crippen LogP contribution >= 0.6 is 0 Å². The molecule has 0 saturated heterocycles. The molecular formula is C13H7F3N4O3. The van der Waals surface area contributed by atoms with E-state index in [4.69, 9.17) is 5.11 Å². The molecule has 0 aliphatic heterocycles.